The maximum Gasteiger partial charge on any atom is 0.318 e. The number of rotatable bonds is 7. The summed E-state index contributed by atoms with van der Waals surface area (Å²) < 4.78 is 5.63. The maximum atomic E-state index is 11.5. The van der Waals surface area contributed by atoms with Crippen LogP contribution in [-0.2, 0) is 11.3 Å². The average Bonchev–Trinajstić information content (AvgIpc) is 2.71. The van der Waals surface area contributed by atoms with E-state index in [4.69, 9.17) is 4.74 Å². The minimum atomic E-state index is -0.171. The number of allylic oxidation sites excluding steroid dienone is 3. The normalized spacial score (nSPS) is 10.4. The number of hydrogen-bond acceptors (Lipinski definition) is 2. The zero-order chi connectivity index (χ0) is 21.5. The lowest BCUT2D eigenvalue weighted by molar-refractivity contribution is 0.0924. The van der Waals surface area contributed by atoms with Gasteiger partial charge in [-0.2, -0.15) is 0 Å². The first-order valence-electron chi connectivity index (χ1n) is 9.89. The van der Waals surface area contributed by atoms with Gasteiger partial charge in [0.15, 0.2) is 0 Å². The van der Waals surface area contributed by atoms with Crippen molar-refractivity contribution < 1.29 is 9.53 Å². The van der Waals surface area contributed by atoms with Crippen LogP contribution in [0.25, 0.3) is 0 Å². The van der Waals surface area contributed by atoms with Crippen LogP contribution in [0.2, 0.25) is 0 Å². The van der Waals surface area contributed by atoms with Gasteiger partial charge in [-0.05, 0) is 32.3 Å². The number of carbonyl (C=O) groups is 1. The smallest absolute Gasteiger partial charge is 0.318 e. The highest BCUT2D eigenvalue weighted by atomic mass is 16.5. The predicted molar refractivity (Wildman–Crippen MR) is 120 cm³/mol. The molecule has 2 N–H and O–H groups in total. The number of urea groups is 1. The molecule has 1 rings (SSSR count). The first-order valence-corrected chi connectivity index (χ1v) is 9.89. The first-order chi connectivity index (χ1) is 13.0. The van der Waals surface area contributed by atoms with Gasteiger partial charge in [-0.1, -0.05) is 77.1 Å². The van der Waals surface area contributed by atoms with Gasteiger partial charge >= 0.3 is 6.03 Å². The molecule has 1 aromatic rings. The zero-order valence-electron chi connectivity index (χ0n) is 18.8. The largest absolute Gasteiger partial charge is 0.376 e. The molecule has 0 saturated heterocycles. The van der Waals surface area contributed by atoms with Crippen LogP contribution >= 0.6 is 0 Å². The van der Waals surface area contributed by atoms with Gasteiger partial charge in [-0.3, -0.25) is 0 Å². The molecule has 0 bridgehead atoms. The Balaban J connectivity index is -0.000000725. The molecule has 0 spiro atoms. The van der Waals surface area contributed by atoms with E-state index >= 15 is 0 Å². The Bertz CT molecular complexity index is 471. The van der Waals surface area contributed by atoms with Crippen molar-refractivity contribution in [3.63, 3.8) is 0 Å². The van der Waals surface area contributed by atoms with Gasteiger partial charge in [0.05, 0.1) is 13.2 Å². The second-order valence-electron chi connectivity index (χ2n) is 5.32. The van der Waals surface area contributed by atoms with Crippen LogP contribution in [0, 0.1) is 5.92 Å². The minimum absolute atomic E-state index is 0.171. The highest BCUT2D eigenvalue weighted by molar-refractivity contribution is 5.75. The van der Waals surface area contributed by atoms with Crippen LogP contribution in [0.5, 0.6) is 0 Å². The van der Waals surface area contributed by atoms with E-state index in [1.54, 1.807) is 6.08 Å². The summed E-state index contributed by atoms with van der Waals surface area (Å²) in [5.41, 5.74) is 2.00. The van der Waals surface area contributed by atoms with E-state index in [2.05, 4.69) is 17.2 Å². The second-order valence-corrected chi connectivity index (χ2v) is 5.32. The molecule has 1 aromatic carbocycles. The van der Waals surface area contributed by atoms with Crippen molar-refractivity contribution in [3.05, 3.63) is 60.3 Å². The summed E-state index contributed by atoms with van der Waals surface area (Å²) in [6.07, 6.45) is 3.60. The fraction of sp³-hybridized carbons (Fsp3) is 0.522. The van der Waals surface area contributed by atoms with E-state index in [0.29, 0.717) is 19.8 Å². The molecular weight excluding hydrogens is 336 g/mol. The van der Waals surface area contributed by atoms with E-state index in [0.717, 1.165) is 11.3 Å². The standard InChI is InChI=1S/C16H24N2O2.C3H6.2C2H6/c1-4-14(3)18-16(19)17-10-13(2)11-20-12-15-8-6-5-7-9-15;1-3-2;2*1-2/h4-9,13H,10-12H2,1-3H3,(H2,17,18,19);3H,1H2,2H3;2*1-2H3/b14-4+;;;. The molecule has 0 saturated carbocycles. The summed E-state index contributed by atoms with van der Waals surface area (Å²) in [6, 6.07) is 9.89. The van der Waals surface area contributed by atoms with Crippen LogP contribution in [0.3, 0.4) is 0 Å². The SMILES string of the molecule is C/C=C(\C)NC(=O)NCC(C)COCc1ccccc1.C=CC.CC.CC. The van der Waals surface area contributed by atoms with Gasteiger partial charge in [0.1, 0.15) is 0 Å². The zero-order valence-corrected chi connectivity index (χ0v) is 18.8. The van der Waals surface area contributed by atoms with Crippen molar-refractivity contribution in [2.45, 2.75) is 62.0 Å². The third-order valence-corrected chi connectivity index (χ3v) is 2.87. The van der Waals surface area contributed by atoms with E-state index in [1.807, 2.05) is 91.8 Å². The molecule has 1 atom stereocenters. The number of nitrogens with one attached hydrogen (secondary N) is 2. The van der Waals surface area contributed by atoms with Gasteiger partial charge in [-0.15, -0.1) is 6.58 Å². The Labute approximate surface area is 168 Å². The highest BCUT2D eigenvalue weighted by Crippen LogP contribution is 2.02. The van der Waals surface area contributed by atoms with E-state index in [1.165, 1.54) is 0 Å². The molecule has 0 heterocycles. The average molecular weight is 379 g/mol. The van der Waals surface area contributed by atoms with Crippen LogP contribution in [0.1, 0.15) is 61.0 Å². The molecule has 0 fully saturated rings. The maximum absolute atomic E-state index is 11.5. The third-order valence-electron chi connectivity index (χ3n) is 2.87. The molecule has 1 unspecified atom stereocenters. The van der Waals surface area contributed by atoms with Gasteiger partial charge in [0.2, 0.25) is 0 Å². The Morgan fingerprint density at radius 2 is 1.67 bits per heavy atom. The number of hydrogen-bond donors (Lipinski definition) is 2. The predicted octanol–water partition coefficient (Wildman–Crippen LogP) is 6.31. The monoisotopic (exact) mass is 378 g/mol. The van der Waals surface area contributed by atoms with Gasteiger partial charge < -0.3 is 15.4 Å². The molecule has 0 radical (unpaired) electrons. The Kier molecular flexibility index (Phi) is 26.3. The fourth-order valence-corrected chi connectivity index (χ4v) is 1.57. The van der Waals surface area contributed by atoms with E-state index < -0.39 is 0 Å². The molecule has 0 aliphatic carbocycles. The summed E-state index contributed by atoms with van der Waals surface area (Å²) in [6.45, 7) is 20.9. The van der Waals surface area contributed by atoms with Crippen LogP contribution in [0.15, 0.2) is 54.8 Å². The molecular formula is C23H42N2O2. The van der Waals surface area contributed by atoms with Crippen molar-refractivity contribution in [2.24, 2.45) is 5.92 Å². The van der Waals surface area contributed by atoms with Crippen LogP contribution in [-0.4, -0.2) is 19.2 Å². The van der Waals surface area contributed by atoms with Crippen LogP contribution in [0.4, 0.5) is 4.79 Å². The first kappa shape index (κ1) is 29.7. The minimum Gasteiger partial charge on any atom is -0.376 e. The number of benzene rings is 1. The summed E-state index contributed by atoms with van der Waals surface area (Å²) in [4.78, 5) is 11.5. The van der Waals surface area contributed by atoms with Crippen molar-refractivity contribution in [2.75, 3.05) is 13.2 Å². The summed E-state index contributed by atoms with van der Waals surface area (Å²) in [5, 5.41) is 5.56. The quantitative estimate of drug-likeness (QED) is 0.546. The third kappa shape index (κ3) is 21.9. The topological polar surface area (TPSA) is 50.4 Å². The molecule has 4 nitrogen and oxygen atoms in total. The summed E-state index contributed by atoms with van der Waals surface area (Å²) in [7, 11) is 0. The van der Waals surface area contributed by atoms with E-state index in [-0.39, 0.29) is 11.9 Å². The lowest BCUT2D eigenvalue weighted by atomic mass is 10.2. The highest BCUT2D eigenvalue weighted by Gasteiger charge is 2.05. The molecule has 0 aliphatic heterocycles. The molecule has 0 aromatic heterocycles. The fourth-order valence-electron chi connectivity index (χ4n) is 1.57. The molecule has 156 valence electrons. The number of carbonyl (C=O) groups excluding carboxylic acids is 1. The Hall–Kier alpha value is -2.07. The van der Waals surface area contributed by atoms with E-state index in [9.17, 15) is 4.79 Å². The van der Waals surface area contributed by atoms with Crippen molar-refractivity contribution >= 4 is 6.03 Å². The van der Waals surface area contributed by atoms with Gasteiger partial charge in [-0.25, -0.2) is 4.79 Å². The lowest BCUT2D eigenvalue weighted by Gasteiger charge is -2.14. The van der Waals surface area contributed by atoms with Gasteiger partial charge in [0.25, 0.3) is 0 Å². The van der Waals surface area contributed by atoms with Crippen LogP contribution < -0.4 is 10.6 Å². The molecule has 2 amide bonds. The van der Waals surface area contributed by atoms with Crippen molar-refractivity contribution in [3.8, 4) is 0 Å². The summed E-state index contributed by atoms with van der Waals surface area (Å²) in [5.74, 6) is 0.273. The van der Waals surface area contributed by atoms with Crippen molar-refractivity contribution in [1.29, 1.82) is 0 Å². The molecule has 27 heavy (non-hydrogen) atoms. The number of amides is 2. The van der Waals surface area contributed by atoms with Crippen molar-refractivity contribution in [1.82, 2.24) is 10.6 Å². The molecule has 0 aliphatic rings. The molecule has 4 heteroatoms. The second kappa shape index (κ2) is 23.9. The lowest BCUT2D eigenvalue weighted by Crippen LogP contribution is -2.37. The Morgan fingerprint density at radius 1 is 1.15 bits per heavy atom. The van der Waals surface area contributed by atoms with Gasteiger partial charge in [0, 0.05) is 12.2 Å². The summed E-state index contributed by atoms with van der Waals surface area (Å²) >= 11 is 0. The number of ether oxygens (including phenoxy) is 1. The Morgan fingerprint density at radius 3 is 2.15 bits per heavy atom.